The zero-order chi connectivity index (χ0) is 20.5. The maximum Gasteiger partial charge on any atom is 0.149 e. The summed E-state index contributed by atoms with van der Waals surface area (Å²) < 4.78 is 15.5. The van der Waals surface area contributed by atoms with Crippen molar-refractivity contribution in [1.29, 1.82) is 0 Å². The standard InChI is InChI=1S/C22H26ClFN6/c23-21-14-18(3-8-25-21)28-12-6-17(7-13-28)26-22-15-20-19(2-1-9-30(20)27-22)29-10-4-16(24)5-11-29/h1-3,8-9,14-17H,4-7,10-13H2,(H,26,27). The summed E-state index contributed by atoms with van der Waals surface area (Å²) in [5.41, 5.74) is 3.33. The van der Waals surface area contributed by atoms with Gasteiger partial charge in [-0.1, -0.05) is 11.6 Å². The molecular weight excluding hydrogens is 403 g/mol. The molecule has 5 heterocycles. The van der Waals surface area contributed by atoms with Gasteiger partial charge in [-0.2, -0.15) is 5.10 Å². The monoisotopic (exact) mass is 428 g/mol. The molecule has 0 radical (unpaired) electrons. The molecule has 3 aromatic rings. The Hall–Kier alpha value is -2.54. The Balaban J connectivity index is 1.26. The second-order valence-electron chi connectivity index (χ2n) is 8.16. The van der Waals surface area contributed by atoms with Crippen LogP contribution < -0.4 is 15.1 Å². The van der Waals surface area contributed by atoms with Crippen LogP contribution in [0.4, 0.5) is 21.6 Å². The Labute approximate surface area is 180 Å². The second-order valence-corrected chi connectivity index (χ2v) is 8.54. The minimum atomic E-state index is -0.669. The van der Waals surface area contributed by atoms with Crippen LogP contribution in [0.25, 0.3) is 5.52 Å². The molecule has 8 heteroatoms. The van der Waals surface area contributed by atoms with E-state index in [-0.39, 0.29) is 0 Å². The fraction of sp³-hybridized carbons (Fsp3) is 0.455. The van der Waals surface area contributed by atoms with E-state index >= 15 is 0 Å². The van der Waals surface area contributed by atoms with Gasteiger partial charge in [0.05, 0.1) is 11.2 Å². The van der Waals surface area contributed by atoms with Crippen LogP contribution in [0.5, 0.6) is 0 Å². The van der Waals surface area contributed by atoms with E-state index < -0.39 is 6.17 Å². The fourth-order valence-corrected chi connectivity index (χ4v) is 4.68. The van der Waals surface area contributed by atoms with Crippen LogP contribution in [-0.2, 0) is 0 Å². The average Bonchev–Trinajstić information content (AvgIpc) is 3.17. The summed E-state index contributed by atoms with van der Waals surface area (Å²) in [6.45, 7) is 3.45. The quantitative estimate of drug-likeness (QED) is 0.624. The largest absolute Gasteiger partial charge is 0.371 e. The van der Waals surface area contributed by atoms with Crippen LogP contribution in [0, 0.1) is 0 Å². The third kappa shape index (κ3) is 4.03. The average molecular weight is 429 g/mol. The number of hydrogen-bond acceptors (Lipinski definition) is 5. The summed E-state index contributed by atoms with van der Waals surface area (Å²) in [5.74, 6) is 0.897. The summed E-state index contributed by atoms with van der Waals surface area (Å²) in [6, 6.07) is 10.6. The summed E-state index contributed by atoms with van der Waals surface area (Å²) in [6.07, 6.45) is 6.32. The number of fused-ring (bicyclic) bond motifs is 1. The first-order valence-corrected chi connectivity index (χ1v) is 11.0. The van der Waals surface area contributed by atoms with Crippen molar-refractivity contribution in [2.75, 3.05) is 41.3 Å². The van der Waals surface area contributed by atoms with Crippen molar-refractivity contribution in [1.82, 2.24) is 14.6 Å². The molecule has 6 nitrogen and oxygen atoms in total. The molecule has 0 saturated carbocycles. The summed E-state index contributed by atoms with van der Waals surface area (Å²) in [4.78, 5) is 8.69. The molecule has 1 N–H and O–H groups in total. The van der Waals surface area contributed by atoms with Crippen molar-refractivity contribution in [3.8, 4) is 0 Å². The van der Waals surface area contributed by atoms with Crippen molar-refractivity contribution in [2.24, 2.45) is 0 Å². The number of rotatable bonds is 4. The lowest BCUT2D eigenvalue weighted by atomic mass is 10.0. The number of piperidine rings is 2. The fourth-order valence-electron chi connectivity index (χ4n) is 4.51. The number of anilines is 3. The van der Waals surface area contributed by atoms with Crippen molar-refractivity contribution >= 4 is 34.3 Å². The number of pyridine rings is 2. The lowest BCUT2D eigenvalue weighted by Crippen LogP contribution is -2.39. The van der Waals surface area contributed by atoms with E-state index in [1.54, 1.807) is 6.20 Å². The Kier molecular flexibility index (Phi) is 5.37. The zero-order valence-electron chi connectivity index (χ0n) is 16.8. The van der Waals surface area contributed by atoms with Gasteiger partial charge in [-0.25, -0.2) is 13.9 Å². The van der Waals surface area contributed by atoms with Crippen LogP contribution in [-0.4, -0.2) is 53.0 Å². The molecule has 30 heavy (non-hydrogen) atoms. The van der Waals surface area contributed by atoms with E-state index in [1.807, 2.05) is 28.9 Å². The molecular formula is C22H26ClFN6. The van der Waals surface area contributed by atoms with Crippen molar-refractivity contribution in [3.05, 3.63) is 47.9 Å². The molecule has 0 aromatic carbocycles. The molecule has 0 amide bonds. The molecule has 0 atom stereocenters. The highest BCUT2D eigenvalue weighted by molar-refractivity contribution is 6.29. The van der Waals surface area contributed by atoms with Crippen LogP contribution in [0.1, 0.15) is 25.7 Å². The molecule has 0 unspecified atom stereocenters. The topological polar surface area (TPSA) is 48.7 Å². The van der Waals surface area contributed by atoms with E-state index in [0.29, 0.717) is 24.0 Å². The third-order valence-electron chi connectivity index (χ3n) is 6.17. The molecule has 2 aliphatic heterocycles. The van der Waals surface area contributed by atoms with E-state index in [2.05, 4.69) is 32.2 Å². The second kappa shape index (κ2) is 8.30. The van der Waals surface area contributed by atoms with E-state index in [0.717, 1.165) is 61.7 Å². The van der Waals surface area contributed by atoms with Gasteiger partial charge >= 0.3 is 0 Å². The van der Waals surface area contributed by atoms with Gasteiger partial charge in [0.2, 0.25) is 0 Å². The van der Waals surface area contributed by atoms with Crippen molar-refractivity contribution in [2.45, 2.75) is 37.9 Å². The molecule has 0 bridgehead atoms. The number of halogens is 2. The Morgan fingerprint density at radius 3 is 2.53 bits per heavy atom. The molecule has 5 rings (SSSR count). The molecule has 158 valence electrons. The molecule has 2 saturated heterocycles. The minimum absolute atomic E-state index is 0.384. The number of nitrogens with one attached hydrogen (secondary N) is 1. The summed E-state index contributed by atoms with van der Waals surface area (Å²) in [7, 11) is 0. The minimum Gasteiger partial charge on any atom is -0.371 e. The highest BCUT2D eigenvalue weighted by Crippen LogP contribution is 2.29. The van der Waals surface area contributed by atoms with Gasteiger partial charge in [0.1, 0.15) is 17.1 Å². The summed E-state index contributed by atoms with van der Waals surface area (Å²) >= 11 is 6.03. The first kappa shape index (κ1) is 19.4. The van der Waals surface area contributed by atoms with Gasteiger partial charge < -0.3 is 15.1 Å². The molecule has 2 aliphatic rings. The predicted octanol–water partition coefficient (Wildman–Crippen LogP) is 4.40. The highest BCUT2D eigenvalue weighted by Gasteiger charge is 2.23. The van der Waals surface area contributed by atoms with Crippen LogP contribution >= 0.6 is 11.6 Å². The van der Waals surface area contributed by atoms with Crippen molar-refractivity contribution < 1.29 is 4.39 Å². The van der Waals surface area contributed by atoms with E-state index in [1.165, 1.54) is 0 Å². The first-order chi connectivity index (χ1) is 14.7. The Morgan fingerprint density at radius 1 is 1.00 bits per heavy atom. The number of alkyl halides is 1. The third-order valence-corrected chi connectivity index (χ3v) is 6.37. The van der Waals surface area contributed by atoms with E-state index in [9.17, 15) is 4.39 Å². The molecule has 3 aromatic heterocycles. The van der Waals surface area contributed by atoms with Gasteiger partial charge in [0.15, 0.2) is 0 Å². The maximum absolute atomic E-state index is 13.5. The smallest absolute Gasteiger partial charge is 0.149 e. The SMILES string of the molecule is FC1CCN(c2cccn3nc(NC4CCN(c5ccnc(Cl)c5)CC4)cc23)CC1. The maximum atomic E-state index is 13.5. The van der Waals surface area contributed by atoms with Gasteiger partial charge in [-0.05, 0) is 49.9 Å². The Bertz CT molecular complexity index is 1010. The lowest BCUT2D eigenvalue weighted by Gasteiger charge is -2.34. The number of nitrogens with zero attached hydrogens (tertiary/aromatic N) is 5. The number of hydrogen-bond donors (Lipinski definition) is 1. The first-order valence-electron chi connectivity index (χ1n) is 10.7. The van der Waals surface area contributed by atoms with Gasteiger partial charge in [-0.15, -0.1) is 0 Å². The lowest BCUT2D eigenvalue weighted by molar-refractivity contribution is 0.277. The highest BCUT2D eigenvalue weighted by atomic mass is 35.5. The summed E-state index contributed by atoms with van der Waals surface area (Å²) in [5, 5.41) is 8.88. The van der Waals surface area contributed by atoms with Gasteiger partial charge in [0, 0.05) is 56.4 Å². The van der Waals surface area contributed by atoms with E-state index in [4.69, 9.17) is 16.7 Å². The van der Waals surface area contributed by atoms with Crippen LogP contribution in [0.2, 0.25) is 5.15 Å². The predicted molar refractivity (Wildman–Crippen MR) is 120 cm³/mol. The van der Waals surface area contributed by atoms with Crippen LogP contribution in [0.3, 0.4) is 0 Å². The van der Waals surface area contributed by atoms with Gasteiger partial charge in [-0.3, -0.25) is 0 Å². The molecule has 0 aliphatic carbocycles. The van der Waals surface area contributed by atoms with Crippen molar-refractivity contribution in [3.63, 3.8) is 0 Å². The van der Waals surface area contributed by atoms with Gasteiger partial charge in [0.25, 0.3) is 0 Å². The number of aromatic nitrogens is 3. The Morgan fingerprint density at radius 2 is 1.77 bits per heavy atom. The normalized spacial score (nSPS) is 18.9. The molecule has 0 spiro atoms. The zero-order valence-corrected chi connectivity index (χ0v) is 17.6. The molecule has 2 fully saturated rings. The van der Waals surface area contributed by atoms with Crippen LogP contribution in [0.15, 0.2) is 42.7 Å².